The first-order valence-corrected chi connectivity index (χ1v) is 9.72. The number of hydrogen-bond donors (Lipinski definition) is 1. The van der Waals surface area contributed by atoms with Crippen LogP contribution in [0.4, 0.5) is 0 Å². The van der Waals surface area contributed by atoms with Crippen molar-refractivity contribution in [1.29, 1.82) is 0 Å². The summed E-state index contributed by atoms with van der Waals surface area (Å²) in [6.07, 6.45) is 2.05. The number of hydrogen-bond acceptors (Lipinski definition) is 2. The lowest BCUT2D eigenvalue weighted by molar-refractivity contribution is 0.403. The first kappa shape index (κ1) is 19.0. The van der Waals surface area contributed by atoms with Gasteiger partial charge in [-0.2, -0.15) is 0 Å². The van der Waals surface area contributed by atoms with Crippen molar-refractivity contribution in [2.75, 3.05) is 14.1 Å². The molecule has 1 unspecified atom stereocenters. The minimum absolute atomic E-state index is 0.00147. The number of phenolic OH excluding ortho intramolecular Hbond substituents is 1. The van der Waals surface area contributed by atoms with Gasteiger partial charge in [0, 0.05) is 17.3 Å². The van der Waals surface area contributed by atoms with E-state index >= 15 is 0 Å². The van der Waals surface area contributed by atoms with Crippen LogP contribution in [0.3, 0.4) is 0 Å². The van der Waals surface area contributed by atoms with Gasteiger partial charge in [-0.1, -0.05) is 64.4 Å². The van der Waals surface area contributed by atoms with Crippen molar-refractivity contribution < 1.29 is 5.11 Å². The molecule has 130 valence electrons. The van der Waals surface area contributed by atoms with Crippen LogP contribution in [0.5, 0.6) is 5.75 Å². The largest absolute Gasteiger partial charge is 0.508 e. The van der Waals surface area contributed by atoms with Crippen molar-refractivity contribution >= 4 is 13.9 Å². The molecule has 2 aromatic carbocycles. The van der Waals surface area contributed by atoms with Crippen LogP contribution in [-0.2, 0) is 11.7 Å². The van der Waals surface area contributed by atoms with E-state index in [-0.39, 0.29) is 5.16 Å². The van der Waals surface area contributed by atoms with Gasteiger partial charge in [0.2, 0.25) is 0 Å². The van der Waals surface area contributed by atoms with Gasteiger partial charge in [-0.05, 0) is 50.8 Å². The average Bonchev–Trinajstić information content (AvgIpc) is 2.56. The van der Waals surface area contributed by atoms with Crippen LogP contribution in [0.1, 0.15) is 43.4 Å². The molecule has 3 heteroatoms. The molecule has 0 bridgehead atoms. The SMILES string of the molecule is CCC(CC)(Pc1ccccc1CN(C)C)c1cc(C)ccc1O. The maximum Gasteiger partial charge on any atom is 0.119 e. The summed E-state index contributed by atoms with van der Waals surface area (Å²) in [5, 5.41) is 11.9. The second-order valence-electron chi connectivity index (χ2n) is 6.83. The molecule has 0 amide bonds. The van der Waals surface area contributed by atoms with E-state index in [4.69, 9.17) is 0 Å². The summed E-state index contributed by atoms with van der Waals surface area (Å²) >= 11 is 0. The summed E-state index contributed by atoms with van der Waals surface area (Å²) in [4.78, 5) is 2.22. The van der Waals surface area contributed by atoms with E-state index < -0.39 is 0 Å². The first-order chi connectivity index (χ1) is 11.4. The van der Waals surface area contributed by atoms with Crippen LogP contribution >= 0.6 is 8.58 Å². The molecule has 0 spiro atoms. The third kappa shape index (κ3) is 4.18. The molecule has 0 fully saturated rings. The summed E-state index contributed by atoms with van der Waals surface area (Å²) in [5.74, 6) is 0.432. The molecule has 1 atom stereocenters. The molecule has 1 N–H and O–H groups in total. The molecule has 2 rings (SSSR count). The fourth-order valence-electron chi connectivity index (χ4n) is 3.29. The quantitative estimate of drug-likeness (QED) is 0.731. The molecule has 2 nitrogen and oxygen atoms in total. The molecule has 0 aliphatic heterocycles. The molecule has 0 aliphatic carbocycles. The van der Waals surface area contributed by atoms with Gasteiger partial charge in [0.05, 0.1) is 0 Å². The Labute approximate surface area is 148 Å². The highest BCUT2D eigenvalue weighted by Crippen LogP contribution is 2.50. The molecule has 0 saturated heterocycles. The van der Waals surface area contributed by atoms with E-state index in [1.807, 2.05) is 12.1 Å². The van der Waals surface area contributed by atoms with Crippen LogP contribution in [0, 0.1) is 6.92 Å². The van der Waals surface area contributed by atoms with Crippen molar-refractivity contribution in [1.82, 2.24) is 4.90 Å². The Bertz CT molecular complexity index is 677. The lowest BCUT2D eigenvalue weighted by Gasteiger charge is -2.34. The molecule has 0 saturated carbocycles. The maximum absolute atomic E-state index is 10.5. The monoisotopic (exact) mass is 343 g/mol. The van der Waals surface area contributed by atoms with Crippen LogP contribution in [0.2, 0.25) is 0 Å². The topological polar surface area (TPSA) is 23.5 Å². The molecule has 2 aromatic rings. The average molecular weight is 343 g/mol. The standard InChI is InChI=1S/C21H30NOP/c1-6-21(7-2,18-14-16(3)12-13-19(18)23)24-20-11-9-8-10-17(20)15-22(4)5/h8-14,23-24H,6-7,15H2,1-5H3. The Balaban J connectivity index is 2.47. The fraction of sp³-hybridized carbons (Fsp3) is 0.429. The second-order valence-corrected chi connectivity index (χ2v) is 8.58. The van der Waals surface area contributed by atoms with Gasteiger partial charge in [-0.25, -0.2) is 0 Å². The zero-order valence-electron chi connectivity index (χ0n) is 15.6. The normalized spacial score (nSPS) is 12.4. The number of nitrogens with zero attached hydrogens (tertiary/aromatic N) is 1. The summed E-state index contributed by atoms with van der Waals surface area (Å²) in [6, 6.07) is 14.7. The Morgan fingerprint density at radius 3 is 2.33 bits per heavy atom. The Kier molecular flexibility index (Phi) is 6.43. The molecule has 24 heavy (non-hydrogen) atoms. The number of aromatic hydroxyl groups is 1. The number of phenols is 1. The van der Waals surface area contributed by atoms with Crippen LogP contribution in [0.15, 0.2) is 42.5 Å². The minimum atomic E-state index is -0.00147. The van der Waals surface area contributed by atoms with Crippen LogP contribution in [0.25, 0.3) is 0 Å². The lowest BCUT2D eigenvalue weighted by atomic mass is 9.91. The molecule has 0 radical (unpaired) electrons. The van der Waals surface area contributed by atoms with E-state index in [0.717, 1.165) is 24.9 Å². The number of aryl methyl sites for hydroxylation is 1. The van der Waals surface area contributed by atoms with Gasteiger partial charge in [0.25, 0.3) is 0 Å². The summed E-state index contributed by atoms with van der Waals surface area (Å²) in [7, 11) is 4.87. The lowest BCUT2D eigenvalue weighted by Crippen LogP contribution is -2.24. The predicted octanol–water partition coefficient (Wildman–Crippen LogP) is 4.78. The van der Waals surface area contributed by atoms with Crippen LogP contribution < -0.4 is 5.30 Å². The highest BCUT2D eigenvalue weighted by atomic mass is 31.1. The summed E-state index contributed by atoms with van der Waals surface area (Å²) < 4.78 is 0. The van der Waals surface area contributed by atoms with E-state index in [1.165, 1.54) is 16.4 Å². The third-order valence-corrected chi connectivity index (χ3v) is 6.96. The fourth-order valence-corrected chi connectivity index (χ4v) is 4.99. The molecular weight excluding hydrogens is 313 g/mol. The van der Waals surface area contributed by atoms with Crippen molar-refractivity contribution in [3.8, 4) is 5.75 Å². The Hall–Kier alpha value is -1.37. The molecular formula is C21H30NOP. The molecule has 0 aromatic heterocycles. The van der Waals surface area contributed by atoms with E-state index in [2.05, 4.69) is 70.1 Å². The van der Waals surface area contributed by atoms with E-state index in [0.29, 0.717) is 14.3 Å². The van der Waals surface area contributed by atoms with Crippen molar-refractivity contribution in [3.05, 3.63) is 59.2 Å². The summed E-state index contributed by atoms with van der Waals surface area (Å²) in [5.41, 5.74) is 3.70. The highest BCUT2D eigenvalue weighted by Gasteiger charge is 2.32. The van der Waals surface area contributed by atoms with Crippen LogP contribution in [-0.4, -0.2) is 24.1 Å². The predicted molar refractivity (Wildman–Crippen MR) is 107 cm³/mol. The van der Waals surface area contributed by atoms with Gasteiger partial charge in [0.15, 0.2) is 0 Å². The first-order valence-electron chi connectivity index (χ1n) is 8.72. The van der Waals surface area contributed by atoms with Gasteiger partial charge >= 0.3 is 0 Å². The van der Waals surface area contributed by atoms with Crippen molar-refractivity contribution in [2.24, 2.45) is 0 Å². The van der Waals surface area contributed by atoms with Gasteiger partial charge in [-0.3, -0.25) is 0 Å². The zero-order valence-corrected chi connectivity index (χ0v) is 16.6. The van der Waals surface area contributed by atoms with Gasteiger partial charge < -0.3 is 10.0 Å². The van der Waals surface area contributed by atoms with E-state index in [9.17, 15) is 5.11 Å². The van der Waals surface area contributed by atoms with Gasteiger partial charge in [0.1, 0.15) is 5.75 Å². The smallest absolute Gasteiger partial charge is 0.119 e. The maximum atomic E-state index is 10.5. The van der Waals surface area contributed by atoms with E-state index in [1.54, 1.807) is 0 Å². The zero-order chi connectivity index (χ0) is 17.7. The summed E-state index contributed by atoms with van der Waals surface area (Å²) in [6.45, 7) is 7.54. The van der Waals surface area contributed by atoms with Gasteiger partial charge in [-0.15, -0.1) is 0 Å². The minimum Gasteiger partial charge on any atom is -0.508 e. The highest BCUT2D eigenvalue weighted by molar-refractivity contribution is 7.48. The second kappa shape index (κ2) is 8.14. The third-order valence-electron chi connectivity index (χ3n) is 4.75. The number of rotatable bonds is 7. The Morgan fingerprint density at radius 1 is 1.04 bits per heavy atom. The number of benzene rings is 2. The van der Waals surface area contributed by atoms with Crippen molar-refractivity contribution in [3.63, 3.8) is 0 Å². The Morgan fingerprint density at radius 2 is 1.71 bits per heavy atom. The van der Waals surface area contributed by atoms with Crippen molar-refractivity contribution in [2.45, 2.75) is 45.3 Å². The molecule has 0 aliphatic rings. The molecule has 0 heterocycles.